The van der Waals surface area contributed by atoms with Crippen molar-refractivity contribution in [1.29, 1.82) is 0 Å². The van der Waals surface area contributed by atoms with Crippen LogP contribution in [0.1, 0.15) is 43.9 Å². The number of hydrogen-bond donors (Lipinski definition) is 1. The summed E-state index contributed by atoms with van der Waals surface area (Å²) < 4.78 is 5.44. The molecule has 1 saturated carbocycles. The molecule has 4 nitrogen and oxygen atoms in total. The van der Waals surface area contributed by atoms with Crippen LogP contribution >= 0.6 is 11.6 Å². The van der Waals surface area contributed by atoms with Gasteiger partial charge in [-0.1, -0.05) is 36.0 Å². The number of hydrogen-bond acceptors (Lipinski definition) is 4. The molecule has 1 aromatic heterocycles. The van der Waals surface area contributed by atoms with E-state index in [0.717, 1.165) is 18.4 Å². The molecule has 2 atom stereocenters. The zero-order valence-corrected chi connectivity index (χ0v) is 12.0. The second-order valence-electron chi connectivity index (χ2n) is 5.37. The van der Waals surface area contributed by atoms with Gasteiger partial charge in [0.1, 0.15) is 0 Å². The molecule has 1 heterocycles. The van der Waals surface area contributed by atoms with Crippen LogP contribution in [-0.2, 0) is 0 Å². The highest BCUT2D eigenvalue weighted by molar-refractivity contribution is 6.30. The smallest absolute Gasteiger partial charge is 0.231 e. The zero-order valence-electron chi connectivity index (χ0n) is 11.3. The first-order chi connectivity index (χ1) is 9.74. The van der Waals surface area contributed by atoms with Crippen molar-refractivity contribution in [3.8, 4) is 11.4 Å². The van der Waals surface area contributed by atoms with Crippen molar-refractivity contribution in [2.24, 2.45) is 5.73 Å². The summed E-state index contributed by atoms with van der Waals surface area (Å²) in [6.07, 6.45) is 5.67. The molecule has 1 aromatic carbocycles. The Hall–Kier alpha value is -1.39. The third-order valence-electron chi connectivity index (χ3n) is 3.93. The van der Waals surface area contributed by atoms with Crippen LogP contribution in [0.5, 0.6) is 0 Å². The number of aromatic nitrogens is 2. The lowest BCUT2D eigenvalue weighted by atomic mass is 9.95. The fourth-order valence-corrected chi connectivity index (χ4v) is 2.87. The second kappa shape index (κ2) is 5.94. The van der Waals surface area contributed by atoms with Crippen LogP contribution in [0.3, 0.4) is 0 Å². The summed E-state index contributed by atoms with van der Waals surface area (Å²) in [5, 5.41) is 4.77. The second-order valence-corrected chi connectivity index (χ2v) is 5.81. The molecular weight excluding hydrogens is 274 g/mol. The molecule has 2 unspecified atom stereocenters. The highest BCUT2D eigenvalue weighted by Gasteiger charge is 2.27. The van der Waals surface area contributed by atoms with Gasteiger partial charge in [0.05, 0.1) is 5.92 Å². The average molecular weight is 292 g/mol. The number of benzene rings is 1. The molecule has 2 N–H and O–H groups in total. The third kappa shape index (κ3) is 2.86. The Bertz CT molecular complexity index is 567. The molecular formula is C15H18ClN3O. The third-order valence-corrected chi connectivity index (χ3v) is 4.18. The van der Waals surface area contributed by atoms with E-state index in [1.54, 1.807) is 0 Å². The van der Waals surface area contributed by atoms with Crippen molar-refractivity contribution in [3.05, 3.63) is 35.2 Å². The SMILES string of the molecule is NC1CCCCCC1c1nc(-c2ccc(Cl)cc2)no1. The Morgan fingerprint density at radius 2 is 1.85 bits per heavy atom. The quantitative estimate of drug-likeness (QED) is 0.856. The molecule has 5 heteroatoms. The first-order valence-electron chi connectivity index (χ1n) is 7.09. The minimum atomic E-state index is 0.121. The average Bonchev–Trinajstić information content (AvgIpc) is 2.83. The number of rotatable bonds is 2. The minimum Gasteiger partial charge on any atom is -0.339 e. The van der Waals surface area contributed by atoms with Gasteiger partial charge in [0.15, 0.2) is 0 Å². The summed E-state index contributed by atoms with van der Waals surface area (Å²) >= 11 is 5.88. The van der Waals surface area contributed by atoms with Gasteiger partial charge in [0.2, 0.25) is 11.7 Å². The molecule has 2 aromatic rings. The van der Waals surface area contributed by atoms with Crippen molar-refractivity contribution < 1.29 is 4.52 Å². The highest BCUT2D eigenvalue weighted by atomic mass is 35.5. The van der Waals surface area contributed by atoms with E-state index in [1.807, 2.05) is 24.3 Å². The lowest BCUT2D eigenvalue weighted by molar-refractivity contribution is 0.326. The molecule has 0 spiro atoms. The van der Waals surface area contributed by atoms with E-state index in [4.69, 9.17) is 21.9 Å². The number of nitrogens with zero attached hydrogens (tertiary/aromatic N) is 2. The predicted octanol–water partition coefficient (Wildman–Crippen LogP) is 3.77. The molecule has 106 valence electrons. The monoisotopic (exact) mass is 291 g/mol. The maximum Gasteiger partial charge on any atom is 0.231 e. The molecule has 0 aliphatic heterocycles. The van der Waals surface area contributed by atoms with Crippen LogP contribution in [0.4, 0.5) is 0 Å². The van der Waals surface area contributed by atoms with E-state index < -0.39 is 0 Å². The van der Waals surface area contributed by atoms with Crippen molar-refractivity contribution in [2.45, 2.75) is 44.1 Å². The van der Waals surface area contributed by atoms with Crippen molar-refractivity contribution in [1.82, 2.24) is 10.1 Å². The Kier molecular flexibility index (Phi) is 4.03. The highest BCUT2D eigenvalue weighted by Crippen LogP contribution is 2.31. The largest absolute Gasteiger partial charge is 0.339 e. The van der Waals surface area contributed by atoms with Crippen molar-refractivity contribution in [3.63, 3.8) is 0 Å². The zero-order chi connectivity index (χ0) is 13.9. The molecule has 0 saturated heterocycles. The lowest BCUT2D eigenvalue weighted by Gasteiger charge is -2.16. The lowest BCUT2D eigenvalue weighted by Crippen LogP contribution is -2.27. The molecule has 0 amide bonds. The van der Waals surface area contributed by atoms with Crippen LogP contribution in [0, 0.1) is 0 Å². The van der Waals surface area contributed by atoms with Crippen LogP contribution < -0.4 is 5.73 Å². The summed E-state index contributed by atoms with van der Waals surface area (Å²) in [4.78, 5) is 4.53. The topological polar surface area (TPSA) is 64.9 Å². The maximum atomic E-state index is 6.23. The minimum absolute atomic E-state index is 0.121. The van der Waals surface area contributed by atoms with Gasteiger partial charge in [-0.25, -0.2) is 0 Å². The van der Waals surface area contributed by atoms with Gasteiger partial charge in [-0.05, 0) is 37.1 Å². The predicted molar refractivity (Wildman–Crippen MR) is 78.5 cm³/mol. The normalized spacial score (nSPS) is 23.5. The molecule has 3 rings (SSSR count). The van der Waals surface area contributed by atoms with Crippen LogP contribution in [0.15, 0.2) is 28.8 Å². The van der Waals surface area contributed by atoms with E-state index in [1.165, 1.54) is 19.3 Å². The van der Waals surface area contributed by atoms with Gasteiger partial charge >= 0.3 is 0 Å². The summed E-state index contributed by atoms with van der Waals surface area (Å²) in [5.41, 5.74) is 7.14. The molecule has 0 radical (unpaired) electrons. The van der Waals surface area contributed by atoms with Gasteiger partial charge in [0.25, 0.3) is 0 Å². The Morgan fingerprint density at radius 1 is 1.10 bits per heavy atom. The van der Waals surface area contributed by atoms with Gasteiger partial charge in [-0.2, -0.15) is 4.98 Å². The summed E-state index contributed by atoms with van der Waals surface area (Å²) in [6.45, 7) is 0. The molecule has 1 aliphatic carbocycles. The van der Waals surface area contributed by atoms with E-state index in [2.05, 4.69) is 10.1 Å². The Balaban J connectivity index is 1.83. The van der Waals surface area contributed by atoms with Crippen molar-refractivity contribution >= 4 is 11.6 Å². The van der Waals surface area contributed by atoms with E-state index in [0.29, 0.717) is 16.7 Å². The van der Waals surface area contributed by atoms with E-state index in [-0.39, 0.29) is 12.0 Å². The molecule has 1 fully saturated rings. The Morgan fingerprint density at radius 3 is 2.65 bits per heavy atom. The number of halogens is 1. The van der Waals surface area contributed by atoms with Crippen molar-refractivity contribution in [2.75, 3.05) is 0 Å². The standard InChI is InChI=1S/C15H18ClN3O/c16-11-8-6-10(7-9-11)14-18-15(20-19-14)12-4-2-1-3-5-13(12)17/h6-9,12-13H,1-5,17H2. The fraction of sp³-hybridized carbons (Fsp3) is 0.467. The van der Waals surface area contributed by atoms with E-state index in [9.17, 15) is 0 Å². The first kappa shape index (κ1) is 13.6. The van der Waals surface area contributed by atoms with Gasteiger partial charge in [0, 0.05) is 16.6 Å². The molecule has 1 aliphatic rings. The van der Waals surface area contributed by atoms with Crippen LogP contribution in [-0.4, -0.2) is 16.2 Å². The Labute approximate surface area is 123 Å². The molecule has 0 bridgehead atoms. The van der Waals surface area contributed by atoms with Gasteiger partial charge < -0.3 is 10.3 Å². The summed E-state index contributed by atoms with van der Waals surface area (Å²) in [7, 11) is 0. The first-order valence-corrected chi connectivity index (χ1v) is 7.47. The summed E-state index contributed by atoms with van der Waals surface area (Å²) in [6, 6.07) is 7.55. The number of nitrogens with two attached hydrogens (primary N) is 1. The van der Waals surface area contributed by atoms with Crippen LogP contribution in [0.25, 0.3) is 11.4 Å². The summed E-state index contributed by atoms with van der Waals surface area (Å²) in [5.74, 6) is 1.46. The molecule has 20 heavy (non-hydrogen) atoms. The van der Waals surface area contributed by atoms with Gasteiger partial charge in [-0.15, -0.1) is 0 Å². The maximum absolute atomic E-state index is 6.23. The van der Waals surface area contributed by atoms with E-state index >= 15 is 0 Å². The van der Waals surface area contributed by atoms with Crippen LogP contribution in [0.2, 0.25) is 5.02 Å². The van der Waals surface area contributed by atoms with Gasteiger partial charge in [-0.3, -0.25) is 0 Å². The fourth-order valence-electron chi connectivity index (χ4n) is 2.74.